The average molecular weight is 331 g/mol. The SMILES string of the molecule is CCCCCCCCCCCCCC[C@@](O)(COC)C(=O)OC. The van der Waals surface area contributed by atoms with E-state index in [1.165, 1.54) is 78.4 Å². The second kappa shape index (κ2) is 14.9. The molecule has 0 aromatic heterocycles. The van der Waals surface area contributed by atoms with Crippen LogP contribution < -0.4 is 0 Å². The number of hydrogen-bond donors (Lipinski definition) is 1. The van der Waals surface area contributed by atoms with Gasteiger partial charge in [0.05, 0.1) is 13.7 Å². The quantitative estimate of drug-likeness (QED) is 0.331. The molecule has 0 aliphatic heterocycles. The molecule has 0 saturated heterocycles. The van der Waals surface area contributed by atoms with Crippen molar-refractivity contribution in [3.8, 4) is 0 Å². The Bertz CT molecular complexity index is 281. The Morgan fingerprint density at radius 2 is 1.26 bits per heavy atom. The molecule has 138 valence electrons. The maximum Gasteiger partial charge on any atom is 0.340 e. The summed E-state index contributed by atoms with van der Waals surface area (Å²) < 4.78 is 9.59. The van der Waals surface area contributed by atoms with E-state index >= 15 is 0 Å². The van der Waals surface area contributed by atoms with Crippen LogP contribution >= 0.6 is 0 Å². The van der Waals surface area contributed by atoms with Crippen molar-refractivity contribution in [2.75, 3.05) is 20.8 Å². The molecule has 0 rings (SSSR count). The maximum atomic E-state index is 11.6. The highest BCUT2D eigenvalue weighted by Crippen LogP contribution is 2.19. The Kier molecular flexibility index (Phi) is 14.6. The summed E-state index contributed by atoms with van der Waals surface area (Å²) in [6, 6.07) is 0. The highest BCUT2D eigenvalue weighted by Gasteiger charge is 2.36. The van der Waals surface area contributed by atoms with E-state index in [1.54, 1.807) is 0 Å². The fourth-order valence-corrected chi connectivity index (χ4v) is 2.92. The minimum atomic E-state index is -1.48. The molecule has 23 heavy (non-hydrogen) atoms. The highest BCUT2D eigenvalue weighted by molar-refractivity contribution is 5.79. The van der Waals surface area contributed by atoms with E-state index in [1.807, 2.05) is 0 Å². The first-order valence-corrected chi connectivity index (χ1v) is 9.40. The first-order chi connectivity index (χ1) is 11.1. The van der Waals surface area contributed by atoms with Crippen molar-refractivity contribution in [3.63, 3.8) is 0 Å². The Hall–Kier alpha value is -0.610. The normalized spacial score (nSPS) is 13.7. The van der Waals surface area contributed by atoms with Gasteiger partial charge < -0.3 is 14.6 Å². The fraction of sp³-hybridized carbons (Fsp3) is 0.947. The van der Waals surface area contributed by atoms with Gasteiger partial charge in [0.1, 0.15) is 0 Å². The van der Waals surface area contributed by atoms with Crippen molar-refractivity contribution < 1.29 is 19.4 Å². The summed E-state index contributed by atoms with van der Waals surface area (Å²) in [5.41, 5.74) is -1.48. The summed E-state index contributed by atoms with van der Waals surface area (Å²) in [6.45, 7) is 2.25. The number of hydrogen-bond acceptors (Lipinski definition) is 4. The average Bonchev–Trinajstić information content (AvgIpc) is 2.55. The molecular formula is C19H38O4. The first-order valence-electron chi connectivity index (χ1n) is 9.40. The number of ether oxygens (including phenoxy) is 2. The lowest BCUT2D eigenvalue weighted by Gasteiger charge is -2.24. The van der Waals surface area contributed by atoms with Gasteiger partial charge in [0.15, 0.2) is 5.60 Å². The summed E-state index contributed by atoms with van der Waals surface area (Å²) in [5, 5.41) is 10.2. The molecule has 0 radical (unpaired) electrons. The van der Waals surface area contributed by atoms with Gasteiger partial charge in [-0.3, -0.25) is 0 Å². The molecule has 0 unspecified atom stereocenters. The van der Waals surface area contributed by atoms with E-state index in [-0.39, 0.29) is 6.61 Å². The zero-order chi connectivity index (χ0) is 17.4. The van der Waals surface area contributed by atoms with Crippen LogP contribution in [0.3, 0.4) is 0 Å². The number of aliphatic hydroxyl groups is 1. The van der Waals surface area contributed by atoms with Crippen molar-refractivity contribution in [1.82, 2.24) is 0 Å². The fourth-order valence-electron chi connectivity index (χ4n) is 2.92. The molecule has 4 heteroatoms. The van der Waals surface area contributed by atoms with Crippen LogP contribution in [0.15, 0.2) is 0 Å². The van der Waals surface area contributed by atoms with Gasteiger partial charge in [-0.15, -0.1) is 0 Å². The van der Waals surface area contributed by atoms with Crippen molar-refractivity contribution >= 4 is 5.97 Å². The third kappa shape index (κ3) is 11.5. The summed E-state index contributed by atoms with van der Waals surface area (Å²) >= 11 is 0. The lowest BCUT2D eigenvalue weighted by Crippen LogP contribution is -2.43. The van der Waals surface area contributed by atoms with Crippen LogP contribution in [0.2, 0.25) is 0 Å². The summed E-state index contributed by atoms with van der Waals surface area (Å²) in [4.78, 5) is 11.6. The van der Waals surface area contributed by atoms with E-state index in [2.05, 4.69) is 11.7 Å². The Morgan fingerprint density at radius 1 is 0.826 bits per heavy atom. The molecule has 0 aliphatic rings. The van der Waals surface area contributed by atoms with Gasteiger partial charge in [-0.1, -0.05) is 77.6 Å². The summed E-state index contributed by atoms with van der Waals surface area (Å²) in [6.07, 6.45) is 15.5. The number of esters is 1. The predicted molar refractivity (Wildman–Crippen MR) is 94.5 cm³/mol. The van der Waals surface area contributed by atoms with E-state index in [4.69, 9.17) is 4.74 Å². The van der Waals surface area contributed by atoms with Gasteiger partial charge in [0.2, 0.25) is 0 Å². The molecule has 1 N–H and O–H groups in total. The summed E-state index contributed by atoms with van der Waals surface area (Å²) in [7, 11) is 2.78. The molecule has 0 aromatic carbocycles. The first kappa shape index (κ1) is 22.4. The molecule has 0 bridgehead atoms. The number of carbonyl (C=O) groups is 1. The molecule has 0 spiro atoms. The molecule has 0 heterocycles. The van der Waals surface area contributed by atoms with E-state index in [0.29, 0.717) is 6.42 Å². The van der Waals surface area contributed by atoms with Gasteiger partial charge in [-0.25, -0.2) is 4.79 Å². The lowest BCUT2D eigenvalue weighted by molar-refractivity contribution is -0.169. The minimum Gasteiger partial charge on any atom is -0.467 e. The van der Waals surface area contributed by atoms with Gasteiger partial charge in [-0.2, -0.15) is 0 Å². The van der Waals surface area contributed by atoms with Crippen LogP contribution in [0.25, 0.3) is 0 Å². The molecule has 0 fully saturated rings. The Balaban J connectivity index is 3.51. The lowest BCUT2D eigenvalue weighted by atomic mass is 9.96. The van der Waals surface area contributed by atoms with Gasteiger partial charge >= 0.3 is 5.97 Å². The topological polar surface area (TPSA) is 55.8 Å². The number of methoxy groups -OCH3 is 2. The van der Waals surface area contributed by atoms with Gasteiger partial charge in [-0.05, 0) is 12.8 Å². The standard InChI is InChI=1S/C19H38O4/c1-4-5-6-7-8-9-10-11-12-13-14-15-16-19(21,17-22-2)18(20)23-3/h21H,4-17H2,1-3H3/t19-/m1/s1. The Labute approximate surface area is 142 Å². The smallest absolute Gasteiger partial charge is 0.340 e. The molecule has 0 aliphatic carbocycles. The number of rotatable bonds is 16. The van der Waals surface area contributed by atoms with E-state index < -0.39 is 11.6 Å². The molecule has 0 amide bonds. The third-order valence-corrected chi connectivity index (χ3v) is 4.39. The molecule has 4 nitrogen and oxygen atoms in total. The van der Waals surface area contributed by atoms with E-state index in [0.717, 1.165) is 12.8 Å². The van der Waals surface area contributed by atoms with Crippen molar-refractivity contribution in [2.45, 2.75) is 96.0 Å². The molecule has 0 aromatic rings. The molecular weight excluding hydrogens is 292 g/mol. The molecule has 1 atom stereocenters. The van der Waals surface area contributed by atoms with Crippen LogP contribution in [0.1, 0.15) is 90.4 Å². The van der Waals surface area contributed by atoms with Gasteiger partial charge in [0, 0.05) is 7.11 Å². The Morgan fingerprint density at radius 3 is 1.65 bits per heavy atom. The van der Waals surface area contributed by atoms with Crippen LogP contribution in [0, 0.1) is 0 Å². The van der Waals surface area contributed by atoms with E-state index in [9.17, 15) is 9.90 Å². The number of unbranched alkanes of at least 4 members (excludes halogenated alkanes) is 11. The minimum absolute atomic E-state index is 0.00228. The third-order valence-electron chi connectivity index (χ3n) is 4.39. The van der Waals surface area contributed by atoms with Crippen LogP contribution in [0.5, 0.6) is 0 Å². The highest BCUT2D eigenvalue weighted by atomic mass is 16.5. The maximum absolute atomic E-state index is 11.6. The second-order valence-electron chi connectivity index (χ2n) is 6.60. The van der Waals surface area contributed by atoms with Crippen LogP contribution in [-0.2, 0) is 14.3 Å². The van der Waals surface area contributed by atoms with Crippen LogP contribution in [0.4, 0.5) is 0 Å². The number of carbonyl (C=O) groups excluding carboxylic acids is 1. The second-order valence-corrected chi connectivity index (χ2v) is 6.60. The van der Waals surface area contributed by atoms with Crippen molar-refractivity contribution in [3.05, 3.63) is 0 Å². The largest absolute Gasteiger partial charge is 0.467 e. The summed E-state index contributed by atoms with van der Waals surface area (Å²) in [5.74, 6) is -0.595. The zero-order valence-electron chi connectivity index (χ0n) is 15.6. The zero-order valence-corrected chi connectivity index (χ0v) is 15.6. The van der Waals surface area contributed by atoms with Crippen LogP contribution in [-0.4, -0.2) is 37.5 Å². The molecule has 0 saturated carbocycles. The predicted octanol–water partition coefficient (Wildman–Crippen LogP) is 4.63. The van der Waals surface area contributed by atoms with Crippen molar-refractivity contribution in [2.24, 2.45) is 0 Å². The van der Waals surface area contributed by atoms with Gasteiger partial charge in [0.25, 0.3) is 0 Å². The monoisotopic (exact) mass is 330 g/mol. The van der Waals surface area contributed by atoms with Crippen molar-refractivity contribution in [1.29, 1.82) is 0 Å².